The van der Waals surface area contributed by atoms with Crippen LogP contribution in [0.1, 0.15) is 17.5 Å². The number of benzene rings is 1. The number of ketones is 2. The van der Waals surface area contributed by atoms with Crippen LogP contribution in [0.2, 0.25) is 0 Å². The van der Waals surface area contributed by atoms with E-state index < -0.39 is 64.1 Å². The van der Waals surface area contributed by atoms with Crippen molar-refractivity contribution in [1.29, 1.82) is 0 Å². The largest absolute Gasteiger partial charge is 0.508 e. The van der Waals surface area contributed by atoms with Gasteiger partial charge in [0.25, 0.3) is 5.91 Å². The summed E-state index contributed by atoms with van der Waals surface area (Å²) in [7, 11) is 6.71. The number of aliphatic hydroxyl groups is 3. The van der Waals surface area contributed by atoms with E-state index in [4.69, 9.17) is 5.73 Å². The van der Waals surface area contributed by atoms with Crippen molar-refractivity contribution in [3.8, 4) is 0 Å². The SMILES string of the molecule is CN(C)c1cc(NC(=O)NNc2nccs2)cc2c1CC1CC3[C@H](N(C)C)C(=O)C(C(N)=O)=C(O)[C@@]3(O)C(=O)C1=C2O. The fourth-order valence-electron chi connectivity index (χ4n) is 6.25. The van der Waals surface area contributed by atoms with Crippen molar-refractivity contribution in [2.45, 2.75) is 24.5 Å². The lowest BCUT2D eigenvalue weighted by molar-refractivity contribution is -0.153. The number of hydrogen-bond donors (Lipinski definition) is 7. The molecule has 4 atom stereocenters. The number of rotatable bonds is 6. The van der Waals surface area contributed by atoms with Crippen molar-refractivity contribution in [2.24, 2.45) is 17.6 Å². The molecule has 3 aliphatic rings. The van der Waals surface area contributed by atoms with E-state index in [0.717, 1.165) is 0 Å². The van der Waals surface area contributed by atoms with Crippen LogP contribution < -0.4 is 26.8 Å². The van der Waals surface area contributed by atoms with Gasteiger partial charge < -0.3 is 31.3 Å². The first-order valence-corrected chi connectivity index (χ1v) is 13.9. The molecule has 42 heavy (non-hydrogen) atoms. The van der Waals surface area contributed by atoms with E-state index >= 15 is 0 Å². The maximum absolute atomic E-state index is 14.0. The summed E-state index contributed by atoms with van der Waals surface area (Å²) < 4.78 is 0. The molecule has 3 aliphatic carbocycles. The number of aliphatic hydroxyl groups excluding tert-OH is 2. The number of nitrogens with zero attached hydrogens (tertiary/aromatic N) is 3. The van der Waals surface area contributed by atoms with E-state index in [0.29, 0.717) is 22.1 Å². The Morgan fingerprint density at radius 2 is 1.88 bits per heavy atom. The van der Waals surface area contributed by atoms with E-state index in [1.54, 1.807) is 50.7 Å². The number of amides is 3. The average Bonchev–Trinajstić information content (AvgIpc) is 3.43. The number of Topliss-reactive ketones (excluding diaryl/α,β-unsaturated/α-hetero) is 2. The summed E-state index contributed by atoms with van der Waals surface area (Å²) in [5.74, 6) is -6.34. The highest BCUT2D eigenvalue weighted by Crippen LogP contribution is 2.52. The lowest BCUT2D eigenvalue weighted by Crippen LogP contribution is -2.65. The highest BCUT2D eigenvalue weighted by Gasteiger charge is 2.64. The van der Waals surface area contributed by atoms with E-state index in [1.807, 2.05) is 0 Å². The Labute approximate surface area is 244 Å². The molecule has 15 heteroatoms. The molecular formula is C27H31N7O7S. The number of nitrogens with two attached hydrogens (primary N) is 1. The first-order chi connectivity index (χ1) is 19.8. The fraction of sp³-hybridized carbons (Fsp3) is 0.370. The van der Waals surface area contributed by atoms with Gasteiger partial charge in [-0.25, -0.2) is 15.2 Å². The minimum Gasteiger partial charge on any atom is -0.508 e. The summed E-state index contributed by atoms with van der Waals surface area (Å²) in [6, 6.07) is 1.49. The van der Waals surface area contributed by atoms with Crippen LogP contribution in [0, 0.1) is 11.8 Å². The highest BCUT2D eigenvalue weighted by atomic mass is 32.1. The number of likely N-dealkylation sites (N-methyl/N-ethyl adjacent to an activating group) is 1. The Morgan fingerprint density at radius 1 is 1.17 bits per heavy atom. The number of carbonyl (C=O) groups excluding carboxylic acids is 4. The molecule has 1 heterocycles. The molecule has 0 aliphatic heterocycles. The van der Waals surface area contributed by atoms with E-state index in [9.17, 15) is 34.5 Å². The molecular weight excluding hydrogens is 566 g/mol. The van der Waals surface area contributed by atoms with Gasteiger partial charge in [0.15, 0.2) is 11.4 Å². The van der Waals surface area contributed by atoms with Crippen LogP contribution in [0.4, 0.5) is 21.3 Å². The first-order valence-electron chi connectivity index (χ1n) is 13.0. The van der Waals surface area contributed by atoms with E-state index in [1.165, 1.54) is 22.3 Å². The molecule has 1 fully saturated rings. The van der Waals surface area contributed by atoms with Crippen LogP contribution in [0.15, 0.2) is 40.6 Å². The normalized spacial score (nSPS) is 25.0. The van der Waals surface area contributed by atoms with Gasteiger partial charge in [0.1, 0.15) is 17.1 Å². The Hall–Kier alpha value is -4.47. The van der Waals surface area contributed by atoms with E-state index in [2.05, 4.69) is 21.2 Å². The molecule has 3 amide bonds. The van der Waals surface area contributed by atoms with Crippen LogP contribution in [-0.2, 0) is 20.8 Å². The van der Waals surface area contributed by atoms with Crippen molar-refractivity contribution in [1.82, 2.24) is 15.3 Å². The predicted molar refractivity (Wildman–Crippen MR) is 155 cm³/mol. The molecule has 1 aromatic heterocycles. The molecule has 0 bridgehead atoms. The molecule has 14 nitrogen and oxygen atoms in total. The van der Waals surface area contributed by atoms with Gasteiger partial charge in [-0.2, -0.15) is 0 Å². The zero-order valence-electron chi connectivity index (χ0n) is 23.3. The van der Waals surface area contributed by atoms with E-state index in [-0.39, 0.29) is 24.0 Å². The summed E-state index contributed by atoms with van der Waals surface area (Å²) in [6.07, 6.45) is 1.88. The van der Waals surface area contributed by atoms with Crippen molar-refractivity contribution in [3.05, 3.63) is 51.7 Å². The van der Waals surface area contributed by atoms with Gasteiger partial charge in [-0.3, -0.25) is 24.7 Å². The van der Waals surface area contributed by atoms with Crippen LogP contribution in [0.5, 0.6) is 0 Å². The quantitative estimate of drug-likeness (QED) is 0.184. The Balaban J connectivity index is 1.58. The zero-order valence-corrected chi connectivity index (χ0v) is 24.1. The Kier molecular flexibility index (Phi) is 7.20. The summed E-state index contributed by atoms with van der Waals surface area (Å²) in [4.78, 5) is 59.3. The third kappa shape index (κ3) is 4.45. The van der Waals surface area contributed by atoms with Crippen molar-refractivity contribution < 1.29 is 34.5 Å². The molecule has 0 radical (unpaired) electrons. The summed E-state index contributed by atoms with van der Waals surface area (Å²) >= 11 is 1.29. The van der Waals surface area contributed by atoms with Crippen LogP contribution in [0.3, 0.4) is 0 Å². The number of carbonyl (C=O) groups is 4. The van der Waals surface area contributed by atoms with Gasteiger partial charge in [-0.05, 0) is 50.6 Å². The second-order valence-corrected chi connectivity index (χ2v) is 11.8. The van der Waals surface area contributed by atoms with Crippen molar-refractivity contribution in [2.75, 3.05) is 43.8 Å². The molecule has 5 rings (SSSR count). The number of hydrogen-bond acceptors (Lipinski definition) is 12. The lowest BCUT2D eigenvalue weighted by Gasteiger charge is -2.50. The average molecular weight is 598 g/mol. The maximum Gasteiger partial charge on any atom is 0.337 e. The topological polar surface area (TPSA) is 210 Å². The fourth-order valence-corrected chi connectivity index (χ4v) is 6.74. The third-order valence-electron chi connectivity index (χ3n) is 8.01. The summed E-state index contributed by atoms with van der Waals surface area (Å²) in [6.45, 7) is 0. The Bertz CT molecular complexity index is 1570. The second kappa shape index (κ2) is 10.4. The zero-order chi connectivity index (χ0) is 30.7. The number of hydrazine groups is 1. The molecule has 2 unspecified atom stereocenters. The summed E-state index contributed by atoms with van der Waals surface area (Å²) in [5, 5.41) is 39.2. The molecule has 0 spiro atoms. The van der Waals surface area contributed by atoms with Gasteiger partial charge in [-0.1, -0.05) is 0 Å². The highest BCUT2D eigenvalue weighted by molar-refractivity contribution is 7.13. The Morgan fingerprint density at radius 3 is 2.48 bits per heavy atom. The second-order valence-electron chi connectivity index (χ2n) is 10.9. The molecule has 1 aromatic carbocycles. The van der Waals surface area contributed by atoms with Crippen LogP contribution >= 0.6 is 11.3 Å². The van der Waals surface area contributed by atoms with Crippen LogP contribution in [-0.4, -0.2) is 88.5 Å². The summed E-state index contributed by atoms with van der Waals surface area (Å²) in [5.41, 5.74) is 8.79. The minimum atomic E-state index is -2.66. The smallest absolute Gasteiger partial charge is 0.337 e. The number of fused-ring (bicyclic) bond motifs is 3. The molecule has 0 saturated heterocycles. The van der Waals surface area contributed by atoms with Gasteiger partial charge in [0.2, 0.25) is 10.9 Å². The van der Waals surface area contributed by atoms with Crippen molar-refractivity contribution >= 4 is 57.1 Å². The number of nitrogens with one attached hydrogen (secondary N) is 3. The first kappa shape index (κ1) is 29.0. The molecule has 1 saturated carbocycles. The molecule has 2 aromatic rings. The number of primary amides is 1. The lowest BCUT2D eigenvalue weighted by atomic mass is 9.57. The van der Waals surface area contributed by atoms with Gasteiger partial charge in [-0.15, -0.1) is 11.3 Å². The number of anilines is 3. The minimum absolute atomic E-state index is 0.0451. The maximum atomic E-state index is 14.0. The molecule has 8 N–H and O–H groups in total. The van der Waals surface area contributed by atoms with Gasteiger partial charge in [0, 0.05) is 54.1 Å². The van der Waals surface area contributed by atoms with Crippen molar-refractivity contribution in [3.63, 3.8) is 0 Å². The monoisotopic (exact) mass is 597 g/mol. The van der Waals surface area contributed by atoms with Gasteiger partial charge in [0.05, 0.1) is 6.04 Å². The number of thiazole rings is 1. The predicted octanol–water partition coefficient (Wildman–Crippen LogP) is 0.930. The van der Waals surface area contributed by atoms with Crippen LogP contribution in [0.25, 0.3) is 5.76 Å². The number of aromatic nitrogens is 1. The van der Waals surface area contributed by atoms with Gasteiger partial charge >= 0.3 is 6.03 Å². The molecule has 222 valence electrons. The standard InChI is InChI=1S/C27H31N7O7S/c1-33(2)16-10-12(30-25(40)31-32-26-29-5-6-42-26)9-14-13(16)7-11-8-15-19(34(3)4)21(36)18(24(28)39)23(38)27(15,41)22(37)17(11)20(14)35/h5-6,9-11,15,19,35,38,41H,7-8H2,1-4H3,(H2,28,39)(H,29,32)(H2,30,31,40)/t11?,15?,19-,27-/m0/s1. The third-order valence-corrected chi connectivity index (χ3v) is 8.70. The number of urea groups is 1.